The highest BCUT2D eigenvalue weighted by Crippen LogP contribution is 2.33. The predicted molar refractivity (Wildman–Crippen MR) is 121 cm³/mol. The Balaban J connectivity index is 1.54. The zero-order valence-electron chi connectivity index (χ0n) is 17.3. The summed E-state index contributed by atoms with van der Waals surface area (Å²) in [5.41, 5.74) is 4.30. The second-order valence-corrected chi connectivity index (χ2v) is 9.22. The van der Waals surface area contributed by atoms with Gasteiger partial charge in [-0.15, -0.1) is 0 Å². The highest BCUT2D eigenvalue weighted by molar-refractivity contribution is 7.92. The van der Waals surface area contributed by atoms with E-state index in [-0.39, 0.29) is 16.8 Å². The molecule has 1 atom stereocenters. The molecule has 0 aliphatic carbocycles. The van der Waals surface area contributed by atoms with E-state index in [2.05, 4.69) is 9.82 Å². The summed E-state index contributed by atoms with van der Waals surface area (Å²) in [7, 11) is -3.65. The standard InChI is InChI=1S/C24H23N3O3S/c1-17-8-10-20(11-9-17)24-16-23(25-27(24)18(2)28)19-12-14-21(15-13-19)26-31(29,30)22-6-4-3-5-7-22/h3-15,24,26H,16H2,1-2H3. The number of carbonyl (C=O) groups is 1. The summed E-state index contributed by atoms with van der Waals surface area (Å²) in [5, 5.41) is 6.07. The minimum atomic E-state index is -3.65. The van der Waals surface area contributed by atoms with Gasteiger partial charge in [0.05, 0.1) is 16.6 Å². The predicted octanol–water partition coefficient (Wildman–Crippen LogP) is 4.49. The van der Waals surface area contributed by atoms with Crippen molar-refractivity contribution in [3.63, 3.8) is 0 Å². The van der Waals surface area contributed by atoms with Gasteiger partial charge in [-0.2, -0.15) is 5.10 Å². The average molecular weight is 434 g/mol. The van der Waals surface area contributed by atoms with E-state index in [1.165, 1.54) is 11.9 Å². The van der Waals surface area contributed by atoms with Gasteiger partial charge in [-0.05, 0) is 42.3 Å². The number of carbonyl (C=O) groups excluding carboxylic acids is 1. The van der Waals surface area contributed by atoms with Gasteiger partial charge in [-0.1, -0.05) is 60.2 Å². The Morgan fingerprint density at radius 3 is 2.23 bits per heavy atom. The number of hydrazone groups is 1. The summed E-state index contributed by atoms with van der Waals surface area (Å²) in [5.74, 6) is -0.118. The summed E-state index contributed by atoms with van der Waals surface area (Å²) in [4.78, 5) is 12.4. The van der Waals surface area contributed by atoms with Crippen LogP contribution in [0.1, 0.15) is 36.1 Å². The van der Waals surface area contributed by atoms with Crippen LogP contribution in [0.3, 0.4) is 0 Å². The van der Waals surface area contributed by atoms with Gasteiger partial charge < -0.3 is 0 Å². The third-order valence-electron chi connectivity index (χ3n) is 5.22. The zero-order chi connectivity index (χ0) is 22.0. The quantitative estimate of drug-likeness (QED) is 0.644. The number of anilines is 1. The Morgan fingerprint density at radius 2 is 1.61 bits per heavy atom. The van der Waals surface area contributed by atoms with Crippen LogP contribution in [0, 0.1) is 6.92 Å². The van der Waals surface area contributed by atoms with Crippen LogP contribution in [-0.2, 0) is 14.8 Å². The van der Waals surface area contributed by atoms with Crippen LogP contribution in [0.4, 0.5) is 5.69 Å². The van der Waals surface area contributed by atoms with Gasteiger partial charge in [-0.25, -0.2) is 13.4 Å². The maximum absolute atomic E-state index is 12.5. The molecule has 1 aliphatic heterocycles. The van der Waals surface area contributed by atoms with E-state index in [0.29, 0.717) is 12.1 Å². The van der Waals surface area contributed by atoms with Crippen molar-refractivity contribution >= 4 is 27.3 Å². The Hall–Kier alpha value is -3.45. The van der Waals surface area contributed by atoms with Gasteiger partial charge in [0.1, 0.15) is 0 Å². The molecule has 0 bridgehead atoms. The molecule has 4 rings (SSSR count). The molecule has 3 aromatic rings. The number of nitrogens with one attached hydrogen (secondary N) is 1. The smallest absolute Gasteiger partial charge is 0.261 e. The fourth-order valence-electron chi connectivity index (χ4n) is 3.57. The lowest BCUT2D eigenvalue weighted by molar-refractivity contribution is -0.130. The average Bonchev–Trinajstić information content (AvgIpc) is 3.21. The molecule has 31 heavy (non-hydrogen) atoms. The number of nitrogens with zero attached hydrogens (tertiary/aromatic N) is 2. The van der Waals surface area contributed by atoms with E-state index in [4.69, 9.17) is 0 Å². The van der Waals surface area contributed by atoms with E-state index in [1.807, 2.05) is 43.3 Å². The summed E-state index contributed by atoms with van der Waals surface area (Å²) < 4.78 is 27.6. The molecule has 158 valence electrons. The summed E-state index contributed by atoms with van der Waals surface area (Å²) in [6, 6.07) is 23.2. The maximum Gasteiger partial charge on any atom is 0.261 e. The Kier molecular flexibility index (Phi) is 5.61. The Labute approximate surface area is 182 Å². The highest BCUT2D eigenvalue weighted by Gasteiger charge is 2.31. The topological polar surface area (TPSA) is 78.8 Å². The first-order valence-electron chi connectivity index (χ1n) is 9.96. The van der Waals surface area contributed by atoms with E-state index in [9.17, 15) is 13.2 Å². The molecule has 1 N–H and O–H groups in total. The molecule has 0 saturated carbocycles. The van der Waals surface area contributed by atoms with Crippen LogP contribution in [0.25, 0.3) is 0 Å². The molecule has 0 spiro atoms. The van der Waals surface area contributed by atoms with Gasteiger partial charge in [0.2, 0.25) is 5.91 Å². The maximum atomic E-state index is 12.5. The summed E-state index contributed by atoms with van der Waals surface area (Å²) in [6.45, 7) is 3.53. The molecule has 6 nitrogen and oxygen atoms in total. The molecule has 0 saturated heterocycles. The first-order valence-corrected chi connectivity index (χ1v) is 11.4. The van der Waals surface area contributed by atoms with Crippen molar-refractivity contribution in [1.29, 1.82) is 0 Å². The first-order chi connectivity index (χ1) is 14.8. The molecule has 3 aromatic carbocycles. The van der Waals surface area contributed by atoms with Crippen molar-refractivity contribution in [1.82, 2.24) is 5.01 Å². The minimum Gasteiger partial charge on any atom is -0.280 e. The monoisotopic (exact) mass is 433 g/mol. The SMILES string of the molecule is CC(=O)N1N=C(c2ccc(NS(=O)(=O)c3ccccc3)cc2)CC1c1ccc(C)cc1. The van der Waals surface area contributed by atoms with E-state index < -0.39 is 10.0 Å². The fourth-order valence-corrected chi connectivity index (χ4v) is 4.65. The molecule has 0 radical (unpaired) electrons. The molecule has 1 aliphatic rings. The number of amides is 1. The molecule has 1 amide bonds. The van der Waals surface area contributed by atoms with E-state index in [1.54, 1.807) is 42.5 Å². The van der Waals surface area contributed by atoms with Crippen molar-refractivity contribution in [2.45, 2.75) is 31.2 Å². The van der Waals surface area contributed by atoms with Crippen LogP contribution in [0.2, 0.25) is 0 Å². The largest absolute Gasteiger partial charge is 0.280 e. The van der Waals surface area contributed by atoms with Crippen LogP contribution in [0.15, 0.2) is 88.9 Å². The van der Waals surface area contributed by atoms with Gasteiger partial charge >= 0.3 is 0 Å². The van der Waals surface area contributed by atoms with Crippen molar-refractivity contribution in [2.24, 2.45) is 5.10 Å². The van der Waals surface area contributed by atoms with E-state index >= 15 is 0 Å². The normalized spacial score (nSPS) is 16.1. The third kappa shape index (κ3) is 4.51. The lowest BCUT2D eigenvalue weighted by Gasteiger charge is -2.20. The molecule has 1 heterocycles. The fraction of sp³-hybridized carbons (Fsp3) is 0.167. The molecule has 1 unspecified atom stereocenters. The second-order valence-electron chi connectivity index (χ2n) is 7.54. The lowest BCUT2D eigenvalue weighted by atomic mass is 9.97. The van der Waals surface area contributed by atoms with Crippen molar-refractivity contribution in [2.75, 3.05) is 4.72 Å². The minimum absolute atomic E-state index is 0.118. The molecule has 7 heteroatoms. The Morgan fingerprint density at radius 1 is 0.968 bits per heavy atom. The van der Waals surface area contributed by atoms with Gasteiger partial charge in [0.15, 0.2) is 0 Å². The van der Waals surface area contributed by atoms with Gasteiger partial charge in [-0.3, -0.25) is 9.52 Å². The second kappa shape index (κ2) is 8.35. The molecule has 0 aromatic heterocycles. The van der Waals surface area contributed by atoms with Crippen LogP contribution < -0.4 is 4.72 Å². The zero-order valence-corrected chi connectivity index (χ0v) is 18.1. The highest BCUT2D eigenvalue weighted by atomic mass is 32.2. The summed E-state index contributed by atoms with van der Waals surface area (Å²) in [6.07, 6.45) is 0.595. The third-order valence-corrected chi connectivity index (χ3v) is 6.62. The number of hydrogen-bond donors (Lipinski definition) is 1. The van der Waals surface area contributed by atoms with Crippen LogP contribution >= 0.6 is 0 Å². The number of sulfonamides is 1. The first kappa shape index (κ1) is 20.8. The lowest BCUT2D eigenvalue weighted by Crippen LogP contribution is -2.24. The van der Waals surface area contributed by atoms with Gasteiger partial charge in [0.25, 0.3) is 10.0 Å². The number of hydrogen-bond acceptors (Lipinski definition) is 4. The van der Waals surface area contributed by atoms with Crippen molar-refractivity contribution < 1.29 is 13.2 Å². The van der Waals surface area contributed by atoms with E-state index in [0.717, 1.165) is 22.4 Å². The van der Waals surface area contributed by atoms with Crippen molar-refractivity contribution in [3.8, 4) is 0 Å². The Bertz CT molecular complexity index is 1220. The summed E-state index contributed by atoms with van der Waals surface area (Å²) >= 11 is 0. The molecule has 0 fully saturated rings. The number of benzene rings is 3. The molecular formula is C24H23N3O3S. The molecular weight excluding hydrogens is 410 g/mol. The number of aryl methyl sites for hydroxylation is 1. The van der Waals surface area contributed by atoms with Gasteiger partial charge in [0, 0.05) is 19.0 Å². The van der Waals surface area contributed by atoms with Crippen molar-refractivity contribution in [3.05, 3.63) is 95.6 Å². The number of rotatable bonds is 5. The van der Waals surface area contributed by atoms with Crippen LogP contribution in [-0.4, -0.2) is 25.0 Å². The van der Waals surface area contributed by atoms with Crippen LogP contribution in [0.5, 0.6) is 0 Å².